The molecule has 0 aromatic carbocycles. The minimum Gasteiger partial charge on any atom is -0.385 e. The van der Waals surface area contributed by atoms with Gasteiger partial charge >= 0.3 is 0 Å². The molecule has 3 heteroatoms. The summed E-state index contributed by atoms with van der Waals surface area (Å²) in [7, 11) is 6.13. The molecule has 3 unspecified atom stereocenters. The van der Waals surface area contributed by atoms with Crippen LogP contribution in [0.2, 0.25) is 0 Å². The Balaban J connectivity index is 2.17. The lowest BCUT2D eigenvalue weighted by Crippen LogP contribution is -2.37. The van der Waals surface area contributed by atoms with E-state index in [1.54, 1.807) is 7.11 Å². The number of nitrogens with zero attached hydrogens (tertiary/aromatic N) is 1. The average molecular weight is 214 g/mol. The Morgan fingerprint density at radius 3 is 2.67 bits per heavy atom. The van der Waals surface area contributed by atoms with E-state index in [1.807, 2.05) is 0 Å². The third-order valence-electron chi connectivity index (χ3n) is 3.41. The molecule has 0 aromatic heterocycles. The van der Waals surface area contributed by atoms with Crippen LogP contribution < -0.4 is 5.32 Å². The number of ether oxygens (including phenoxy) is 1. The molecule has 15 heavy (non-hydrogen) atoms. The summed E-state index contributed by atoms with van der Waals surface area (Å²) in [6, 6.07) is 2.07. The van der Waals surface area contributed by atoms with Crippen LogP contribution in [0.4, 0.5) is 0 Å². The van der Waals surface area contributed by atoms with Gasteiger partial charge in [-0.05, 0) is 46.7 Å². The van der Waals surface area contributed by atoms with E-state index < -0.39 is 0 Å². The lowest BCUT2D eigenvalue weighted by molar-refractivity contribution is 0.182. The lowest BCUT2D eigenvalue weighted by Gasteiger charge is -2.21. The molecule has 0 spiro atoms. The summed E-state index contributed by atoms with van der Waals surface area (Å²) in [5.74, 6) is 0. The van der Waals surface area contributed by atoms with Crippen molar-refractivity contribution in [2.24, 2.45) is 0 Å². The van der Waals surface area contributed by atoms with E-state index in [0.717, 1.165) is 19.1 Å². The van der Waals surface area contributed by atoms with Gasteiger partial charge in [0.1, 0.15) is 0 Å². The fourth-order valence-electron chi connectivity index (χ4n) is 2.36. The third-order valence-corrected chi connectivity index (χ3v) is 3.41. The molecule has 1 aliphatic rings. The standard InChI is InChI=1S/C12H26N2O/c1-10(7-8-15-4)13-11-5-6-12(9-11)14(2)3/h10-13H,5-9H2,1-4H3. The molecule has 0 aromatic rings. The molecule has 1 N–H and O–H groups in total. The Morgan fingerprint density at radius 2 is 2.13 bits per heavy atom. The molecular formula is C12H26N2O. The molecule has 3 atom stereocenters. The maximum Gasteiger partial charge on any atom is 0.0476 e. The molecule has 0 heterocycles. The molecular weight excluding hydrogens is 188 g/mol. The van der Waals surface area contributed by atoms with E-state index >= 15 is 0 Å². The first-order valence-corrected chi connectivity index (χ1v) is 6.05. The Hall–Kier alpha value is -0.120. The van der Waals surface area contributed by atoms with Crippen LogP contribution in [0, 0.1) is 0 Å². The Morgan fingerprint density at radius 1 is 1.40 bits per heavy atom. The number of nitrogens with one attached hydrogen (secondary N) is 1. The summed E-state index contributed by atoms with van der Waals surface area (Å²) in [6.45, 7) is 3.11. The number of rotatable bonds is 6. The molecule has 0 aliphatic heterocycles. The molecule has 0 bridgehead atoms. The first kappa shape index (κ1) is 12.9. The largest absolute Gasteiger partial charge is 0.385 e. The van der Waals surface area contributed by atoms with Gasteiger partial charge in [0.2, 0.25) is 0 Å². The molecule has 0 saturated heterocycles. The number of hydrogen-bond acceptors (Lipinski definition) is 3. The van der Waals surface area contributed by atoms with E-state index in [9.17, 15) is 0 Å². The topological polar surface area (TPSA) is 24.5 Å². The third kappa shape index (κ3) is 4.49. The maximum absolute atomic E-state index is 5.09. The second-order valence-electron chi connectivity index (χ2n) is 4.98. The highest BCUT2D eigenvalue weighted by Gasteiger charge is 2.26. The molecule has 0 radical (unpaired) electrons. The van der Waals surface area contributed by atoms with Gasteiger partial charge in [-0.1, -0.05) is 0 Å². The van der Waals surface area contributed by atoms with Crippen molar-refractivity contribution < 1.29 is 4.74 Å². The van der Waals surface area contributed by atoms with Gasteiger partial charge in [0.05, 0.1) is 0 Å². The van der Waals surface area contributed by atoms with Crippen molar-refractivity contribution in [1.29, 1.82) is 0 Å². The lowest BCUT2D eigenvalue weighted by atomic mass is 10.1. The van der Waals surface area contributed by atoms with Gasteiger partial charge in [0, 0.05) is 31.8 Å². The van der Waals surface area contributed by atoms with Gasteiger partial charge in [-0.25, -0.2) is 0 Å². The van der Waals surface area contributed by atoms with Crippen LogP contribution in [0.3, 0.4) is 0 Å². The molecule has 1 rings (SSSR count). The summed E-state index contributed by atoms with van der Waals surface area (Å²) in [5.41, 5.74) is 0. The highest BCUT2D eigenvalue weighted by Crippen LogP contribution is 2.22. The summed E-state index contributed by atoms with van der Waals surface area (Å²) in [6.07, 6.45) is 5.06. The Labute approximate surface area is 94.2 Å². The van der Waals surface area contributed by atoms with Crippen LogP contribution in [0.5, 0.6) is 0 Å². The SMILES string of the molecule is COCCC(C)NC1CCC(N(C)C)C1. The van der Waals surface area contributed by atoms with Crippen LogP contribution in [-0.2, 0) is 4.74 Å². The summed E-state index contributed by atoms with van der Waals surface area (Å²) in [5, 5.41) is 3.69. The van der Waals surface area contributed by atoms with Gasteiger partial charge in [0.25, 0.3) is 0 Å². The summed E-state index contributed by atoms with van der Waals surface area (Å²) >= 11 is 0. The first-order valence-electron chi connectivity index (χ1n) is 6.05. The fraction of sp³-hybridized carbons (Fsp3) is 1.00. The second kappa shape index (κ2) is 6.46. The monoisotopic (exact) mass is 214 g/mol. The molecule has 1 aliphatic carbocycles. The van der Waals surface area contributed by atoms with Crippen molar-refractivity contribution in [3.63, 3.8) is 0 Å². The van der Waals surface area contributed by atoms with Gasteiger partial charge in [-0.2, -0.15) is 0 Å². The van der Waals surface area contributed by atoms with Crippen LogP contribution in [-0.4, -0.2) is 50.8 Å². The van der Waals surface area contributed by atoms with Gasteiger partial charge in [0.15, 0.2) is 0 Å². The highest BCUT2D eigenvalue weighted by molar-refractivity contribution is 4.86. The van der Waals surface area contributed by atoms with Crippen molar-refractivity contribution in [2.75, 3.05) is 27.8 Å². The van der Waals surface area contributed by atoms with Crippen LogP contribution in [0.15, 0.2) is 0 Å². The zero-order valence-electron chi connectivity index (χ0n) is 10.6. The van der Waals surface area contributed by atoms with Crippen molar-refractivity contribution in [1.82, 2.24) is 10.2 Å². The predicted octanol–water partition coefficient (Wildman–Crippen LogP) is 1.48. The number of hydrogen-bond donors (Lipinski definition) is 1. The summed E-state index contributed by atoms with van der Waals surface area (Å²) < 4.78 is 5.09. The smallest absolute Gasteiger partial charge is 0.0476 e. The van der Waals surface area contributed by atoms with Gasteiger partial charge in [-0.15, -0.1) is 0 Å². The van der Waals surface area contributed by atoms with Crippen LogP contribution in [0.25, 0.3) is 0 Å². The van der Waals surface area contributed by atoms with Gasteiger partial charge < -0.3 is 15.0 Å². The van der Waals surface area contributed by atoms with E-state index in [4.69, 9.17) is 4.74 Å². The van der Waals surface area contributed by atoms with Crippen molar-refractivity contribution >= 4 is 0 Å². The second-order valence-corrected chi connectivity index (χ2v) is 4.98. The van der Waals surface area contributed by atoms with E-state index in [-0.39, 0.29) is 0 Å². The zero-order valence-corrected chi connectivity index (χ0v) is 10.6. The van der Waals surface area contributed by atoms with E-state index in [2.05, 4.69) is 31.2 Å². The van der Waals surface area contributed by atoms with Crippen LogP contribution in [0.1, 0.15) is 32.6 Å². The summed E-state index contributed by atoms with van der Waals surface area (Å²) in [4.78, 5) is 2.35. The molecule has 0 amide bonds. The van der Waals surface area contributed by atoms with Crippen molar-refractivity contribution in [2.45, 2.75) is 50.7 Å². The fourth-order valence-corrected chi connectivity index (χ4v) is 2.36. The normalized spacial score (nSPS) is 28.6. The van der Waals surface area contributed by atoms with Gasteiger partial charge in [-0.3, -0.25) is 0 Å². The maximum atomic E-state index is 5.09. The average Bonchev–Trinajstić information content (AvgIpc) is 2.63. The molecule has 90 valence electrons. The molecule has 3 nitrogen and oxygen atoms in total. The first-order chi connectivity index (χ1) is 7.13. The quantitative estimate of drug-likeness (QED) is 0.725. The van der Waals surface area contributed by atoms with Crippen molar-refractivity contribution in [3.8, 4) is 0 Å². The minimum absolute atomic E-state index is 0.580. The van der Waals surface area contributed by atoms with E-state index in [0.29, 0.717) is 12.1 Å². The Kier molecular flexibility index (Phi) is 5.58. The van der Waals surface area contributed by atoms with Crippen molar-refractivity contribution in [3.05, 3.63) is 0 Å². The van der Waals surface area contributed by atoms with E-state index in [1.165, 1.54) is 19.3 Å². The van der Waals surface area contributed by atoms with Crippen LogP contribution >= 0.6 is 0 Å². The minimum atomic E-state index is 0.580. The highest BCUT2D eigenvalue weighted by atomic mass is 16.5. The molecule has 1 fully saturated rings. The number of methoxy groups -OCH3 is 1. The predicted molar refractivity (Wildman–Crippen MR) is 64.2 cm³/mol. The molecule has 1 saturated carbocycles. The zero-order chi connectivity index (χ0) is 11.3. The Bertz CT molecular complexity index is 173.